The third-order valence-electron chi connectivity index (χ3n) is 4.91. The van der Waals surface area contributed by atoms with E-state index >= 15 is 0 Å². The maximum atomic E-state index is 12.1. The predicted molar refractivity (Wildman–Crippen MR) is 108 cm³/mol. The molecule has 0 saturated heterocycles. The summed E-state index contributed by atoms with van der Waals surface area (Å²) in [5, 5.41) is 2.66. The molecule has 1 aliphatic heterocycles. The fraction of sp³-hybridized carbons (Fsp3) is 0.273. The molecule has 0 fully saturated rings. The Morgan fingerprint density at radius 2 is 1.76 bits per heavy atom. The molecule has 2 aromatic carbocycles. The molecule has 0 bridgehead atoms. The van der Waals surface area contributed by atoms with E-state index in [1.54, 1.807) is 30.3 Å². The first-order valence-electron chi connectivity index (χ1n) is 9.41. The molecule has 7 nitrogen and oxygen atoms in total. The zero-order chi connectivity index (χ0) is 21.0. The average molecular weight is 394 g/mol. The highest BCUT2D eigenvalue weighted by atomic mass is 16.5. The van der Waals surface area contributed by atoms with Gasteiger partial charge in [-0.1, -0.05) is 38.1 Å². The van der Waals surface area contributed by atoms with E-state index in [9.17, 15) is 19.2 Å². The molecule has 7 heteroatoms. The van der Waals surface area contributed by atoms with Crippen molar-refractivity contribution in [3.8, 4) is 0 Å². The van der Waals surface area contributed by atoms with Crippen molar-refractivity contribution in [2.24, 2.45) is 0 Å². The molecule has 150 valence electrons. The first-order valence-corrected chi connectivity index (χ1v) is 9.41. The summed E-state index contributed by atoms with van der Waals surface area (Å²) in [6, 6.07) is 13.9. The number of carbonyl (C=O) groups excluding carboxylic acids is 4. The molecule has 29 heavy (non-hydrogen) atoms. The van der Waals surface area contributed by atoms with Crippen LogP contribution in [0.5, 0.6) is 0 Å². The summed E-state index contributed by atoms with van der Waals surface area (Å²) >= 11 is 0. The first kappa shape index (κ1) is 20.3. The summed E-state index contributed by atoms with van der Waals surface area (Å²) < 4.78 is 4.96. The summed E-state index contributed by atoms with van der Waals surface area (Å²) in [6.45, 7) is 3.32. The molecule has 0 unspecified atom stereocenters. The zero-order valence-electron chi connectivity index (χ0n) is 16.3. The van der Waals surface area contributed by atoms with Crippen LogP contribution in [0.3, 0.4) is 0 Å². The van der Waals surface area contributed by atoms with E-state index in [1.165, 1.54) is 11.6 Å². The van der Waals surface area contributed by atoms with Crippen LogP contribution >= 0.6 is 0 Å². The Morgan fingerprint density at radius 1 is 1.07 bits per heavy atom. The van der Waals surface area contributed by atoms with Crippen LogP contribution in [-0.2, 0) is 19.1 Å². The molecule has 3 rings (SSSR count). The van der Waals surface area contributed by atoms with Crippen LogP contribution < -0.4 is 10.2 Å². The van der Waals surface area contributed by atoms with Gasteiger partial charge in [0.15, 0.2) is 6.61 Å². The number of hydrogen-bond acceptors (Lipinski definition) is 5. The first-order chi connectivity index (χ1) is 13.9. The van der Waals surface area contributed by atoms with Gasteiger partial charge in [0.1, 0.15) is 6.54 Å². The number of nitrogens with zero attached hydrogens (tertiary/aromatic N) is 1. The highest BCUT2D eigenvalue weighted by Gasteiger charge is 2.36. The fourth-order valence-electron chi connectivity index (χ4n) is 3.05. The number of anilines is 2. The van der Waals surface area contributed by atoms with Crippen LogP contribution in [-0.4, -0.2) is 36.7 Å². The molecule has 1 atom stereocenters. The number of Topliss-reactive ketones (excluding diaryl/α,β-unsaturated/α-hetero) is 1. The lowest BCUT2D eigenvalue weighted by Crippen LogP contribution is -2.36. The van der Waals surface area contributed by atoms with Gasteiger partial charge in [-0.05, 0) is 42.2 Å². The van der Waals surface area contributed by atoms with Crippen molar-refractivity contribution in [1.82, 2.24) is 0 Å². The van der Waals surface area contributed by atoms with Gasteiger partial charge in [0.25, 0.3) is 17.6 Å². The number of nitrogens with one attached hydrogen (secondary N) is 1. The lowest BCUT2D eigenvalue weighted by molar-refractivity contribution is -0.146. The molecule has 0 saturated carbocycles. The van der Waals surface area contributed by atoms with Crippen LogP contribution in [0.2, 0.25) is 0 Å². The molecule has 2 amide bonds. The standard InChI is InChI=1S/C22H22N2O5/c1-3-14(2)15-8-10-16(11-9-15)23-19(25)13-29-20(26)12-24-18-7-5-4-6-17(18)21(27)22(24)28/h4-11,14H,3,12-13H2,1-2H3,(H,23,25)/t14-/m0/s1. The second kappa shape index (κ2) is 8.68. The van der Waals surface area contributed by atoms with Gasteiger partial charge in [-0.15, -0.1) is 0 Å². The van der Waals surface area contributed by atoms with Gasteiger partial charge >= 0.3 is 5.97 Å². The van der Waals surface area contributed by atoms with Crippen LogP contribution in [0.1, 0.15) is 42.1 Å². The summed E-state index contributed by atoms with van der Waals surface area (Å²) in [7, 11) is 0. The summed E-state index contributed by atoms with van der Waals surface area (Å²) in [4.78, 5) is 49.1. The van der Waals surface area contributed by atoms with Crippen molar-refractivity contribution in [3.63, 3.8) is 0 Å². The Morgan fingerprint density at radius 3 is 2.45 bits per heavy atom. The van der Waals surface area contributed by atoms with Gasteiger partial charge < -0.3 is 10.1 Å². The number of esters is 1. The predicted octanol–water partition coefficient (Wildman–Crippen LogP) is 2.91. The number of para-hydroxylation sites is 1. The summed E-state index contributed by atoms with van der Waals surface area (Å²) in [5.74, 6) is -2.27. The van der Waals surface area contributed by atoms with E-state index in [0.29, 0.717) is 17.3 Å². The van der Waals surface area contributed by atoms with Crippen LogP contribution in [0.4, 0.5) is 11.4 Å². The Kier molecular flexibility index (Phi) is 6.07. The topological polar surface area (TPSA) is 92.8 Å². The van der Waals surface area contributed by atoms with Crippen LogP contribution in [0, 0.1) is 0 Å². The molecule has 0 radical (unpaired) electrons. The highest BCUT2D eigenvalue weighted by Crippen LogP contribution is 2.28. The van der Waals surface area contributed by atoms with E-state index in [-0.39, 0.29) is 5.56 Å². The molecule has 1 aliphatic rings. The van der Waals surface area contributed by atoms with E-state index in [4.69, 9.17) is 4.74 Å². The minimum atomic E-state index is -0.783. The Hall–Kier alpha value is -3.48. The number of ether oxygens (including phenoxy) is 1. The molecule has 0 spiro atoms. The van der Waals surface area contributed by atoms with E-state index < -0.39 is 36.7 Å². The molecule has 1 heterocycles. The summed E-state index contributed by atoms with van der Waals surface area (Å²) in [5.41, 5.74) is 2.41. The third-order valence-corrected chi connectivity index (χ3v) is 4.91. The van der Waals surface area contributed by atoms with Crippen molar-refractivity contribution in [2.75, 3.05) is 23.4 Å². The largest absolute Gasteiger partial charge is 0.454 e. The number of ketones is 1. The molecule has 1 N–H and O–H groups in total. The number of rotatable bonds is 7. The number of benzene rings is 2. The number of carbonyl (C=O) groups is 4. The fourth-order valence-corrected chi connectivity index (χ4v) is 3.05. The Bertz CT molecular complexity index is 952. The summed E-state index contributed by atoms with van der Waals surface area (Å²) in [6.07, 6.45) is 1.03. The van der Waals surface area contributed by atoms with Gasteiger partial charge in [0, 0.05) is 5.69 Å². The van der Waals surface area contributed by atoms with Gasteiger partial charge in [-0.2, -0.15) is 0 Å². The number of hydrogen-bond donors (Lipinski definition) is 1. The third kappa shape index (κ3) is 4.51. The second-order valence-corrected chi connectivity index (χ2v) is 6.88. The minimum absolute atomic E-state index is 0.254. The monoisotopic (exact) mass is 394 g/mol. The lowest BCUT2D eigenvalue weighted by atomic mass is 9.99. The molecule has 0 aliphatic carbocycles. The molecular weight excluding hydrogens is 372 g/mol. The number of amides is 2. The van der Waals surface area contributed by atoms with Gasteiger partial charge in [0.05, 0.1) is 11.3 Å². The molecular formula is C22H22N2O5. The van der Waals surface area contributed by atoms with Crippen molar-refractivity contribution < 1.29 is 23.9 Å². The number of fused-ring (bicyclic) bond motifs is 1. The molecule has 0 aromatic heterocycles. The van der Waals surface area contributed by atoms with Crippen molar-refractivity contribution in [1.29, 1.82) is 0 Å². The maximum Gasteiger partial charge on any atom is 0.326 e. The van der Waals surface area contributed by atoms with Crippen molar-refractivity contribution in [3.05, 3.63) is 59.7 Å². The van der Waals surface area contributed by atoms with E-state index in [1.807, 2.05) is 12.1 Å². The Labute approximate surface area is 168 Å². The van der Waals surface area contributed by atoms with Crippen molar-refractivity contribution >= 4 is 34.9 Å². The normalized spacial score (nSPS) is 13.8. The zero-order valence-corrected chi connectivity index (χ0v) is 16.3. The highest BCUT2D eigenvalue weighted by molar-refractivity contribution is 6.52. The quantitative estimate of drug-likeness (QED) is 0.576. The van der Waals surface area contributed by atoms with Gasteiger partial charge in [-0.3, -0.25) is 24.1 Å². The van der Waals surface area contributed by atoms with Crippen LogP contribution in [0.15, 0.2) is 48.5 Å². The van der Waals surface area contributed by atoms with E-state index in [0.717, 1.165) is 11.3 Å². The molecule has 2 aromatic rings. The smallest absolute Gasteiger partial charge is 0.326 e. The van der Waals surface area contributed by atoms with Crippen molar-refractivity contribution in [2.45, 2.75) is 26.2 Å². The minimum Gasteiger partial charge on any atom is -0.454 e. The van der Waals surface area contributed by atoms with E-state index in [2.05, 4.69) is 19.2 Å². The average Bonchev–Trinajstić information content (AvgIpc) is 2.97. The maximum absolute atomic E-state index is 12.1. The van der Waals surface area contributed by atoms with Gasteiger partial charge in [0.2, 0.25) is 0 Å². The second-order valence-electron chi connectivity index (χ2n) is 6.88. The Balaban J connectivity index is 1.51. The van der Waals surface area contributed by atoms with Crippen LogP contribution in [0.25, 0.3) is 0 Å². The lowest BCUT2D eigenvalue weighted by Gasteiger charge is -2.15. The SMILES string of the molecule is CC[C@H](C)c1ccc(NC(=O)COC(=O)CN2C(=O)C(=O)c3ccccc32)cc1. The van der Waals surface area contributed by atoms with Gasteiger partial charge in [-0.25, -0.2) is 0 Å².